The van der Waals surface area contributed by atoms with Crippen LogP contribution in [0.4, 0.5) is 5.13 Å². The van der Waals surface area contributed by atoms with E-state index < -0.39 is 0 Å². The van der Waals surface area contributed by atoms with Crippen LogP contribution >= 0.6 is 11.3 Å². The number of aromatic nitrogens is 1. The number of phenolic OH excluding ortho intramolecular Hbond substituents is 1. The summed E-state index contributed by atoms with van der Waals surface area (Å²) < 4.78 is 0. The Balaban J connectivity index is 2.09. The van der Waals surface area contributed by atoms with Gasteiger partial charge in [-0.15, -0.1) is 11.3 Å². The predicted molar refractivity (Wildman–Crippen MR) is 84.9 cm³/mol. The van der Waals surface area contributed by atoms with Gasteiger partial charge in [-0.2, -0.15) is 5.10 Å². The molecule has 1 aromatic carbocycles. The summed E-state index contributed by atoms with van der Waals surface area (Å²) in [5.74, 6) is 0.298. The number of hydrogen-bond donors (Lipinski definition) is 2. The van der Waals surface area contributed by atoms with Crippen molar-refractivity contribution in [2.75, 3.05) is 5.43 Å². The number of nitrogens with zero attached hydrogens (tertiary/aromatic N) is 2. The van der Waals surface area contributed by atoms with E-state index in [1.807, 2.05) is 24.4 Å². The molecule has 0 unspecified atom stereocenters. The van der Waals surface area contributed by atoms with E-state index >= 15 is 0 Å². The maximum atomic E-state index is 10.1. The minimum absolute atomic E-state index is 0.0730. The number of aryl methyl sites for hydroxylation is 1. The van der Waals surface area contributed by atoms with Crippen molar-refractivity contribution < 1.29 is 5.11 Å². The molecular formula is C15H19N3OS. The van der Waals surface area contributed by atoms with Gasteiger partial charge in [0.25, 0.3) is 0 Å². The second-order valence-electron chi connectivity index (χ2n) is 5.69. The van der Waals surface area contributed by atoms with Gasteiger partial charge in [-0.1, -0.05) is 32.9 Å². The third kappa shape index (κ3) is 3.57. The molecule has 20 heavy (non-hydrogen) atoms. The fourth-order valence-electron chi connectivity index (χ4n) is 1.83. The van der Waals surface area contributed by atoms with Crippen LogP contribution in [-0.2, 0) is 5.41 Å². The van der Waals surface area contributed by atoms with E-state index in [0.717, 1.165) is 22.0 Å². The molecule has 0 saturated carbocycles. The van der Waals surface area contributed by atoms with E-state index in [4.69, 9.17) is 0 Å². The van der Waals surface area contributed by atoms with E-state index in [9.17, 15) is 5.11 Å². The smallest absolute Gasteiger partial charge is 0.203 e. The van der Waals surface area contributed by atoms with Crippen LogP contribution in [0.25, 0.3) is 0 Å². The molecule has 0 radical (unpaired) electrons. The van der Waals surface area contributed by atoms with Gasteiger partial charge in [0.05, 0.1) is 11.9 Å². The summed E-state index contributed by atoms with van der Waals surface area (Å²) in [6.07, 6.45) is 1.67. The van der Waals surface area contributed by atoms with Crippen LogP contribution in [-0.4, -0.2) is 16.3 Å². The molecule has 0 spiro atoms. The molecule has 5 heteroatoms. The van der Waals surface area contributed by atoms with Gasteiger partial charge in [0.2, 0.25) is 5.13 Å². The predicted octanol–water partition coefficient (Wildman–Crippen LogP) is 3.90. The van der Waals surface area contributed by atoms with E-state index in [1.54, 1.807) is 12.3 Å². The monoisotopic (exact) mass is 289 g/mol. The largest absolute Gasteiger partial charge is 0.508 e. The molecular weight excluding hydrogens is 270 g/mol. The second kappa shape index (κ2) is 5.63. The fraction of sp³-hybridized carbons (Fsp3) is 0.333. The molecule has 0 amide bonds. The lowest BCUT2D eigenvalue weighted by molar-refractivity contribution is 0.446. The van der Waals surface area contributed by atoms with Gasteiger partial charge in [-0.05, 0) is 29.5 Å². The number of aromatic hydroxyl groups is 1. The van der Waals surface area contributed by atoms with Crippen LogP contribution in [0.3, 0.4) is 0 Å². The van der Waals surface area contributed by atoms with Crippen LogP contribution in [0.2, 0.25) is 0 Å². The Morgan fingerprint density at radius 2 is 2.10 bits per heavy atom. The Kier molecular flexibility index (Phi) is 4.09. The Morgan fingerprint density at radius 3 is 2.65 bits per heavy atom. The zero-order chi connectivity index (χ0) is 14.8. The number of anilines is 1. The molecule has 0 aliphatic rings. The quantitative estimate of drug-likeness (QED) is 0.665. The maximum Gasteiger partial charge on any atom is 0.203 e. The molecule has 0 atom stereocenters. The number of thiazole rings is 1. The van der Waals surface area contributed by atoms with Gasteiger partial charge in [0.15, 0.2) is 0 Å². The van der Waals surface area contributed by atoms with Crippen LogP contribution in [0, 0.1) is 6.92 Å². The first-order valence-corrected chi connectivity index (χ1v) is 7.29. The van der Waals surface area contributed by atoms with Gasteiger partial charge in [-0.3, -0.25) is 5.43 Å². The third-order valence-electron chi connectivity index (χ3n) is 2.82. The number of phenols is 1. The minimum atomic E-state index is -0.0730. The highest BCUT2D eigenvalue weighted by Crippen LogP contribution is 2.30. The highest BCUT2D eigenvalue weighted by molar-refractivity contribution is 7.13. The molecule has 0 aliphatic heterocycles. The molecule has 2 aromatic rings. The van der Waals surface area contributed by atoms with Crippen molar-refractivity contribution in [2.24, 2.45) is 5.10 Å². The van der Waals surface area contributed by atoms with E-state index in [2.05, 4.69) is 36.3 Å². The van der Waals surface area contributed by atoms with Crippen molar-refractivity contribution in [2.45, 2.75) is 33.1 Å². The summed E-state index contributed by atoms with van der Waals surface area (Å²) in [5, 5.41) is 16.9. The molecule has 0 bridgehead atoms. The molecule has 2 rings (SSSR count). The van der Waals surface area contributed by atoms with Crippen LogP contribution < -0.4 is 5.43 Å². The first-order chi connectivity index (χ1) is 9.36. The summed E-state index contributed by atoms with van der Waals surface area (Å²) in [7, 11) is 0. The van der Waals surface area contributed by atoms with Gasteiger partial charge in [0, 0.05) is 5.38 Å². The number of rotatable bonds is 3. The maximum absolute atomic E-state index is 10.1. The van der Waals surface area contributed by atoms with E-state index in [1.165, 1.54) is 11.3 Å². The third-order valence-corrected chi connectivity index (χ3v) is 3.69. The first kappa shape index (κ1) is 14.5. The van der Waals surface area contributed by atoms with Crippen molar-refractivity contribution >= 4 is 22.7 Å². The molecule has 2 N–H and O–H groups in total. The van der Waals surface area contributed by atoms with Crippen molar-refractivity contribution in [1.82, 2.24) is 4.98 Å². The van der Waals surface area contributed by atoms with Crippen molar-refractivity contribution in [3.63, 3.8) is 0 Å². The lowest BCUT2D eigenvalue weighted by atomic mass is 9.86. The average Bonchev–Trinajstić information content (AvgIpc) is 2.73. The van der Waals surface area contributed by atoms with E-state index in [-0.39, 0.29) is 5.41 Å². The second-order valence-corrected chi connectivity index (χ2v) is 6.55. The zero-order valence-electron chi connectivity index (χ0n) is 12.1. The Bertz CT molecular complexity index is 626. The Hall–Kier alpha value is -1.88. The lowest BCUT2D eigenvalue weighted by Crippen LogP contribution is -2.11. The highest BCUT2D eigenvalue weighted by atomic mass is 32.1. The van der Waals surface area contributed by atoms with Crippen LogP contribution in [0.1, 0.15) is 37.6 Å². The molecule has 1 heterocycles. The lowest BCUT2D eigenvalue weighted by Gasteiger charge is -2.20. The van der Waals surface area contributed by atoms with Gasteiger partial charge in [-0.25, -0.2) is 4.98 Å². The normalized spacial score (nSPS) is 12.0. The summed E-state index contributed by atoms with van der Waals surface area (Å²) in [5.41, 5.74) is 5.55. The highest BCUT2D eigenvalue weighted by Gasteiger charge is 2.17. The zero-order valence-corrected chi connectivity index (χ0v) is 13.0. The van der Waals surface area contributed by atoms with Gasteiger partial charge in [0.1, 0.15) is 5.75 Å². The van der Waals surface area contributed by atoms with Crippen LogP contribution in [0.15, 0.2) is 28.7 Å². The molecule has 4 nitrogen and oxygen atoms in total. The number of nitrogens with one attached hydrogen (secondary N) is 1. The summed E-state index contributed by atoms with van der Waals surface area (Å²) in [4.78, 5) is 4.25. The molecule has 0 aliphatic carbocycles. The van der Waals surface area contributed by atoms with Crippen molar-refractivity contribution in [1.29, 1.82) is 0 Å². The van der Waals surface area contributed by atoms with E-state index in [0.29, 0.717) is 5.75 Å². The number of hydrogen-bond acceptors (Lipinski definition) is 5. The van der Waals surface area contributed by atoms with Crippen molar-refractivity contribution in [3.05, 3.63) is 40.4 Å². The fourth-order valence-corrected chi connectivity index (χ4v) is 2.47. The molecule has 0 fully saturated rings. The van der Waals surface area contributed by atoms with Crippen molar-refractivity contribution in [3.8, 4) is 5.75 Å². The SMILES string of the molecule is Cc1csc(NN=Cc2ccc(C(C)(C)C)c(O)c2)n1. The standard InChI is InChI=1S/C15H19N3OS/c1-10-9-20-14(17-10)18-16-8-11-5-6-12(13(19)7-11)15(2,3)4/h5-9,19H,1-4H3,(H,17,18). The summed E-state index contributed by atoms with van der Waals surface area (Å²) in [6.45, 7) is 8.15. The molecule has 106 valence electrons. The summed E-state index contributed by atoms with van der Waals surface area (Å²) in [6, 6.07) is 5.60. The average molecular weight is 289 g/mol. The Morgan fingerprint density at radius 1 is 1.35 bits per heavy atom. The topological polar surface area (TPSA) is 57.5 Å². The Labute approximate surface area is 123 Å². The first-order valence-electron chi connectivity index (χ1n) is 6.41. The van der Waals surface area contributed by atoms with Gasteiger partial charge >= 0.3 is 0 Å². The number of benzene rings is 1. The summed E-state index contributed by atoms with van der Waals surface area (Å²) >= 11 is 1.51. The van der Waals surface area contributed by atoms with Crippen LogP contribution in [0.5, 0.6) is 5.75 Å². The minimum Gasteiger partial charge on any atom is -0.508 e. The molecule has 0 saturated heterocycles. The molecule has 1 aromatic heterocycles. The number of hydrazone groups is 1. The van der Waals surface area contributed by atoms with Gasteiger partial charge < -0.3 is 5.11 Å².